The molecule has 0 saturated heterocycles. The SMILES string of the molecule is CCc1cc(OCc2ccccc2)c(F)cc1-c1ccc2c(-c3nc4c(n3COCC[Si](C)(C)C)CN(C(O)CC#N)C4)nn(COCC[Si](C)(C)C)c2c1. The Morgan fingerprint density at radius 1 is 0.927 bits per heavy atom. The second-order valence-electron chi connectivity index (χ2n) is 16.8. The van der Waals surface area contributed by atoms with Gasteiger partial charge in [-0.2, -0.15) is 10.4 Å². The molecule has 1 unspecified atom stereocenters. The maximum absolute atomic E-state index is 15.7. The van der Waals surface area contributed by atoms with Gasteiger partial charge in [-0.1, -0.05) is 82.6 Å². The second kappa shape index (κ2) is 17.3. The molecule has 292 valence electrons. The number of ether oxygens (including phenoxy) is 3. The van der Waals surface area contributed by atoms with Gasteiger partial charge in [-0.25, -0.2) is 14.1 Å². The van der Waals surface area contributed by atoms with E-state index in [9.17, 15) is 10.4 Å². The Bertz CT molecular complexity index is 2130. The first-order valence-corrected chi connectivity index (χ1v) is 26.7. The third-order valence-corrected chi connectivity index (χ3v) is 13.4. The van der Waals surface area contributed by atoms with E-state index in [0.29, 0.717) is 51.0 Å². The number of fused-ring (bicyclic) bond motifs is 2. The molecule has 1 atom stereocenters. The highest BCUT2D eigenvalue weighted by atomic mass is 28.3. The quantitative estimate of drug-likeness (QED) is 0.0693. The number of aromatic nitrogens is 4. The fraction of sp³-hybridized carbons (Fsp3) is 0.452. The Labute approximate surface area is 326 Å². The number of halogens is 1. The molecule has 0 aliphatic carbocycles. The molecule has 1 aliphatic rings. The Balaban J connectivity index is 1.38. The minimum Gasteiger partial charge on any atom is -0.486 e. The predicted octanol–water partition coefficient (Wildman–Crippen LogP) is 9.02. The molecule has 0 radical (unpaired) electrons. The van der Waals surface area contributed by atoms with E-state index in [2.05, 4.69) is 62.9 Å². The molecule has 0 spiro atoms. The van der Waals surface area contributed by atoms with E-state index < -0.39 is 28.2 Å². The number of aliphatic hydroxyl groups is 1. The van der Waals surface area contributed by atoms with Crippen molar-refractivity contribution in [3.05, 3.63) is 89.0 Å². The number of nitriles is 1. The van der Waals surface area contributed by atoms with Crippen LogP contribution in [0.15, 0.2) is 60.7 Å². The molecule has 1 N–H and O–H groups in total. The minimum absolute atomic E-state index is 0.0198. The van der Waals surface area contributed by atoms with Crippen LogP contribution in [0.25, 0.3) is 33.5 Å². The summed E-state index contributed by atoms with van der Waals surface area (Å²) >= 11 is 0. The molecule has 0 fully saturated rings. The Kier molecular flexibility index (Phi) is 12.8. The maximum atomic E-state index is 15.7. The summed E-state index contributed by atoms with van der Waals surface area (Å²) < 4.78 is 38.2. The Morgan fingerprint density at radius 3 is 2.31 bits per heavy atom. The maximum Gasteiger partial charge on any atom is 0.165 e. The first-order valence-electron chi connectivity index (χ1n) is 19.3. The third kappa shape index (κ3) is 9.99. The number of imidazole rings is 1. The summed E-state index contributed by atoms with van der Waals surface area (Å²) in [4.78, 5) is 6.99. The van der Waals surface area contributed by atoms with Gasteiger partial charge < -0.3 is 23.9 Å². The molecule has 3 aromatic carbocycles. The zero-order valence-corrected chi connectivity index (χ0v) is 35.4. The summed E-state index contributed by atoms with van der Waals surface area (Å²) in [5, 5.41) is 25.9. The van der Waals surface area contributed by atoms with Gasteiger partial charge in [0.15, 0.2) is 17.4 Å². The van der Waals surface area contributed by atoms with E-state index in [0.717, 1.165) is 56.6 Å². The van der Waals surface area contributed by atoms with Crippen molar-refractivity contribution in [3.8, 4) is 34.5 Å². The molecule has 1 aliphatic heterocycles. The molecule has 10 nitrogen and oxygen atoms in total. The highest BCUT2D eigenvalue weighted by Gasteiger charge is 2.32. The molecule has 13 heteroatoms. The van der Waals surface area contributed by atoms with Crippen molar-refractivity contribution < 1.29 is 23.7 Å². The molecular formula is C42H55FN6O4Si2. The van der Waals surface area contributed by atoms with Gasteiger partial charge in [0.1, 0.15) is 32.0 Å². The molecule has 5 aromatic rings. The normalized spacial score (nSPS) is 14.0. The lowest BCUT2D eigenvalue weighted by atomic mass is 9.96. The van der Waals surface area contributed by atoms with Gasteiger partial charge in [-0.3, -0.25) is 4.90 Å². The summed E-state index contributed by atoms with van der Waals surface area (Å²) in [6.45, 7) is 19.0. The van der Waals surface area contributed by atoms with Crippen LogP contribution in [0.4, 0.5) is 4.39 Å². The fourth-order valence-corrected chi connectivity index (χ4v) is 8.21. The van der Waals surface area contributed by atoms with Crippen molar-refractivity contribution >= 4 is 27.1 Å². The van der Waals surface area contributed by atoms with Crippen molar-refractivity contribution in [3.63, 3.8) is 0 Å². The summed E-state index contributed by atoms with van der Waals surface area (Å²) in [7, 11) is -2.64. The molecule has 0 saturated carbocycles. The van der Waals surface area contributed by atoms with Gasteiger partial charge in [0, 0.05) is 47.8 Å². The van der Waals surface area contributed by atoms with Gasteiger partial charge >= 0.3 is 0 Å². The lowest BCUT2D eigenvalue weighted by Gasteiger charge is -2.21. The molecule has 0 amide bonds. The van der Waals surface area contributed by atoms with E-state index in [1.807, 2.05) is 58.1 Å². The van der Waals surface area contributed by atoms with Crippen LogP contribution in [0.5, 0.6) is 5.75 Å². The van der Waals surface area contributed by atoms with Gasteiger partial charge in [0.2, 0.25) is 0 Å². The Morgan fingerprint density at radius 2 is 1.64 bits per heavy atom. The fourth-order valence-electron chi connectivity index (χ4n) is 6.69. The van der Waals surface area contributed by atoms with Gasteiger partial charge in [-0.15, -0.1) is 0 Å². The number of hydrogen-bond acceptors (Lipinski definition) is 8. The smallest absolute Gasteiger partial charge is 0.165 e. The third-order valence-electron chi connectivity index (χ3n) is 10.0. The molecule has 6 rings (SSSR count). The summed E-state index contributed by atoms with van der Waals surface area (Å²) in [5.74, 6) is 0.511. The van der Waals surface area contributed by atoms with Gasteiger partial charge in [0.05, 0.1) is 29.4 Å². The number of aryl methyl sites for hydroxylation is 1. The van der Waals surface area contributed by atoms with E-state index in [4.69, 9.17) is 24.3 Å². The van der Waals surface area contributed by atoms with Crippen LogP contribution < -0.4 is 4.74 Å². The minimum atomic E-state index is -1.32. The van der Waals surface area contributed by atoms with Crippen LogP contribution in [-0.4, -0.2) is 64.9 Å². The zero-order valence-electron chi connectivity index (χ0n) is 33.4. The Hall–Kier alpha value is -4.17. The van der Waals surface area contributed by atoms with Crippen LogP contribution >= 0.6 is 0 Å². The summed E-state index contributed by atoms with van der Waals surface area (Å²) in [5.41, 5.74) is 6.97. The number of benzene rings is 3. The van der Waals surface area contributed by atoms with Gasteiger partial charge in [0.25, 0.3) is 0 Å². The van der Waals surface area contributed by atoms with Crippen molar-refractivity contribution in [2.24, 2.45) is 0 Å². The van der Waals surface area contributed by atoms with Crippen molar-refractivity contribution in [1.82, 2.24) is 24.2 Å². The lowest BCUT2D eigenvalue weighted by Crippen LogP contribution is -2.30. The van der Waals surface area contributed by atoms with E-state index >= 15 is 4.39 Å². The average molecular weight is 783 g/mol. The first-order chi connectivity index (χ1) is 26.2. The first kappa shape index (κ1) is 40.5. The van der Waals surface area contributed by atoms with E-state index in [-0.39, 0.29) is 25.5 Å². The van der Waals surface area contributed by atoms with Crippen molar-refractivity contribution in [2.75, 3.05) is 13.2 Å². The molecule has 0 bridgehead atoms. The molecular weight excluding hydrogens is 728 g/mol. The largest absolute Gasteiger partial charge is 0.486 e. The van der Waals surface area contributed by atoms with Crippen LogP contribution in [0.2, 0.25) is 51.4 Å². The topological polar surface area (TPSA) is 111 Å². The highest BCUT2D eigenvalue weighted by molar-refractivity contribution is 6.76. The molecule has 3 heterocycles. The van der Waals surface area contributed by atoms with Gasteiger partial charge in [-0.05, 0) is 65.0 Å². The molecule has 55 heavy (non-hydrogen) atoms. The number of hydrogen-bond donors (Lipinski definition) is 1. The summed E-state index contributed by atoms with van der Waals surface area (Å²) in [6.07, 6.45) is -0.162. The standard InChI is InChI=1S/C42H55FN6O4Si2/c1-8-31-23-39(53-27-30-12-10-9-11-13-30)35(43)24-34(31)32-14-15-33-37(22-32)49(29-52-19-21-55(5,6)7)46-41(33)42-45-36-25-47(40(50)16-17-44)26-38(36)48(42)28-51-18-20-54(2,3)4/h9-15,22-24,40,50H,8,16,18-21,25-29H2,1-7H3. The number of rotatable bonds is 18. The predicted molar refractivity (Wildman–Crippen MR) is 220 cm³/mol. The summed E-state index contributed by atoms with van der Waals surface area (Å²) in [6, 6.07) is 23.4. The van der Waals surface area contributed by atoms with E-state index in [1.165, 1.54) is 0 Å². The monoisotopic (exact) mass is 782 g/mol. The van der Waals surface area contributed by atoms with Crippen LogP contribution in [0.3, 0.4) is 0 Å². The van der Waals surface area contributed by atoms with Crippen LogP contribution in [0, 0.1) is 17.1 Å². The second-order valence-corrected chi connectivity index (χ2v) is 28.1. The zero-order chi connectivity index (χ0) is 39.3. The number of nitrogens with zero attached hydrogens (tertiary/aromatic N) is 6. The van der Waals surface area contributed by atoms with E-state index in [1.54, 1.807) is 6.07 Å². The van der Waals surface area contributed by atoms with Crippen LogP contribution in [0.1, 0.15) is 35.9 Å². The molecule has 2 aromatic heterocycles. The lowest BCUT2D eigenvalue weighted by molar-refractivity contribution is 0.00169. The van der Waals surface area contributed by atoms with Crippen LogP contribution in [-0.2, 0) is 49.1 Å². The van der Waals surface area contributed by atoms with Crippen molar-refractivity contribution in [2.45, 2.75) is 111 Å². The average Bonchev–Trinajstić information content (AvgIpc) is 3.82. The van der Waals surface area contributed by atoms with Crippen molar-refractivity contribution in [1.29, 1.82) is 5.26 Å². The number of aliphatic hydroxyl groups excluding tert-OH is 1. The highest BCUT2D eigenvalue weighted by Crippen LogP contribution is 2.37.